The molecular formula is C15H19Br2FN2O3S. The van der Waals surface area contributed by atoms with Gasteiger partial charge in [0.05, 0.1) is 6.04 Å². The van der Waals surface area contributed by atoms with Crippen LogP contribution in [0.4, 0.5) is 4.39 Å². The highest BCUT2D eigenvalue weighted by Crippen LogP contribution is 2.31. The van der Waals surface area contributed by atoms with Gasteiger partial charge in [0, 0.05) is 21.5 Å². The van der Waals surface area contributed by atoms with Crippen LogP contribution >= 0.6 is 31.9 Å². The van der Waals surface area contributed by atoms with Crippen LogP contribution in [0.5, 0.6) is 0 Å². The number of amides is 1. The summed E-state index contributed by atoms with van der Waals surface area (Å²) in [6.45, 7) is 4.12. The molecule has 0 aromatic heterocycles. The molecule has 1 saturated heterocycles. The zero-order valence-electron chi connectivity index (χ0n) is 13.4. The van der Waals surface area contributed by atoms with Crippen LogP contribution < -0.4 is 4.72 Å². The Morgan fingerprint density at radius 1 is 1.33 bits per heavy atom. The van der Waals surface area contributed by atoms with E-state index < -0.39 is 21.9 Å². The summed E-state index contributed by atoms with van der Waals surface area (Å²) in [5.41, 5.74) is 0. The summed E-state index contributed by atoms with van der Waals surface area (Å²) in [7, 11) is -4.00. The number of sulfonamides is 1. The molecule has 2 rings (SSSR count). The first-order chi connectivity index (χ1) is 11.1. The SMILES string of the molecule is CC(NS(=O)(=O)c1c(Br)cc(F)cc1Br)C(=O)N1CCCCC1C. The molecule has 2 unspecified atom stereocenters. The molecule has 2 atom stereocenters. The van der Waals surface area contributed by atoms with Gasteiger partial charge in [-0.25, -0.2) is 12.8 Å². The fourth-order valence-electron chi connectivity index (χ4n) is 2.80. The number of carbonyl (C=O) groups is 1. The van der Waals surface area contributed by atoms with Crippen LogP contribution in [0, 0.1) is 5.82 Å². The normalized spacial score (nSPS) is 20.0. The number of halogens is 3. The smallest absolute Gasteiger partial charge is 0.243 e. The van der Waals surface area contributed by atoms with Crippen LogP contribution in [-0.2, 0) is 14.8 Å². The third-order valence-corrected chi connectivity index (χ3v) is 7.44. The molecule has 0 spiro atoms. The average Bonchev–Trinajstić information content (AvgIpc) is 2.44. The molecule has 0 bridgehead atoms. The second kappa shape index (κ2) is 7.80. The zero-order valence-corrected chi connectivity index (χ0v) is 17.3. The molecule has 9 heteroatoms. The average molecular weight is 486 g/mol. The molecule has 1 aliphatic heterocycles. The Balaban J connectivity index is 2.21. The van der Waals surface area contributed by atoms with Crippen LogP contribution in [0.3, 0.4) is 0 Å². The second-order valence-corrected chi connectivity index (χ2v) is 9.28. The summed E-state index contributed by atoms with van der Waals surface area (Å²) >= 11 is 6.12. The molecule has 1 aliphatic rings. The monoisotopic (exact) mass is 484 g/mol. The number of likely N-dealkylation sites (tertiary alicyclic amines) is 1. The highest BCUT2D eigenvalue weighted by Gasteiger charge is 2.31. The summed E-state index contributed by atoms with van der Waals surface area (Å²) in [5, 5.41) is 0. The Labute approximate surface area is 158 Å². The molecule has 0 radical (unpaired) electrons. The maximum Gasteiger partial charge on any atom is 0.243 e. The molecule has 1 aromatic carbocycles. The first kappa shape index (κ1) is 19.8. The summed E-state index contributed by atoms with van der Waals surface area (Å²) in [6, 6.07) is 1.33. The van der Waals surface area contributed by atoms with Crippen LogP contribution in [0.1, 0.15) is 33.1 Å². The molecule has 1 N–H and O–H groups in total. The lowest BCUT2D eigenvalue weighted by Crippen LogP contribution is -2.51. The maximum absolute atomic E-state index is 13.3. The number of benzene rings is 1. The summed E-state index contributed by atoms with van der Waals surface area (Å²) < 4.78 is 41.1. The van der Waals surface area contributed by atoms with Gasteiger partial charge in [0.15, 0.2) is 0 Å². The summed E-state index contributed by atoms with van der Waals surface area (Å²) in [6.07, 6.45) is 2.91. The minimum atomic E-state index is -4.00. The molecule has 5 nitrogen and oxygen atoms in total. The van der Waals surface area contributed by atoms with Gasteiger partial charge in [-0.1, -0.05) is 0 Å². The van der Waals surface area contributed by atoms with E-state index in [4.69, 9.17) is 0 Å². The first-order valence-corrected chi connectivity index (χ1v) is 10.7. The number of nitrogens with zero attached hydrogens (tertiary/aromatic N) is 1. The van der Waals surface area contributed by atoms with Crippen molar-refractivity contribution in [2.75, 3.05) is 6.54 Å². The van der Waals surface area contributed by atoms with Crippen molar-refractivity contribution in [3.05, 3.63) is 26.9 Å². The molecule has 0 saturated carbocycles. The standard InChI is InChI=1S/C15H19Br2FN2O3S/c1-9-5-3-4-6-20(9)15(21)10(2)19-24(22,23)14-12(16)7-11(18)8-13(14)17/h7-10,19H,3-6H2,1-2H3. The molecule has 1 fully saturated rings. The summed E-state index contributed by atoms with van der Waals surface area (Å²) in [5.74, 6) is -0.820. The van der Waals surface area contributed by atoms with E-state index in [0.29, 0.717) is 6.54 Å². The number of nitrogens with one attached hydrogen (secondary N) is 1. The predicted octanol–water partition coefficient (Wildman–Crippen LogP) is 3.42. The van der Waals surface area contributed by atoms with E-state index in [1.54, 1.807) is 4.90 Å². The number of rotatable bonds is 4. The third kappa shape index (κ3) is 4.36. The number of hydrogen-bond acceptors (Lipinski definition) is 3. The van der Waals surface area contributed by atoms with Gasteiger partial charge >= 0.3 is 0 Å². The van der Waals surface area contributed by atoms with Gasteiger partial charge in [-0.3, -0.25) is 4.79 Å². The minimum Gasteiger partial charge on any atom is -0.339 e. The van der Waals surface area contributed by atoms with Crippen molar-refractivity contribution in [1.82, 2.24) is 9.62 Å². The lowest BCUT2D eigenvalue weighted by atomic mass is 10.0. The first-order valence-electron chi connectivity index (χ1n) is 7.61. The fraction of sp³-hybridized carbons (Fsp3) is 0.533. The lowest BCUT2D eigenvalue weighted by Gasteiger charge is -2.35. The number of piperidine rings is 1. The van der Waals surface area contributed by atoms with Crippen molar-refractivity contribution in [2.45, 2.75) is 50.1 Å². The fourth-order valence-corrected chi connectivity index (χ4v) is 6.53. The molecule has 0 aliphatic carbocycles. The van der Waals surface area contributed by atoms with E-state index in [1.807, 2.05) is 6.92 Å². The van der Waals surface area contributed by atoms with Gasteiger partial charge in [0.25, 0.3) is 0 Å². The van der Waals surface area contributed by atoms with E-state index in [-0.39, 0.29) is 25.8 Å². The van der Waals surface area contributed by atoms with Crippen molar-refractivity contribution < 1.29 is 17.6 Å². The zero-order chi connectivity index (χ0) is 18.1. The largest absolute Gasteiger partial charge is 0.339 e. The van der Waals surface area contributed by atoms with Crippen LogP contribution in [0.2, 0.25) is 0 Å². The molecular weight excluding hydrogens is 467 g/mol. The van der Waals surface area contributed by atoms with Gasteiger partial charge in [-0.15, -0.1) is 0 Å². The quantitative estimate of drug-likeness (QED) is 0.710. The van der Waals surface area contributed by atoms with E-state index >= 15 is 0 Å². The molecule has 134 valence electrons. The third-order valence-electron chi connectivity index (χ3n) is 4.02. The van der Waals surface area contributed by atoms with Crippen molar-refractivity contribution >= 4 is 47.8 Å². The summed E-state index contributed by atoms with van der Waals surface area (Å²) in [4.78, 5) is 14.1. The highest BCUT2D eigenvalue weighted by molar-refractivity contribution is 9.11. The van der Waals surface area contributed by atoms with E-state index in [2.05, 4.69) is 36.6 Å². The van der Waals surface area contributed by atoms with Gasteiger partial charge in [-0.2, -0.15) is 4.72 Å². The lowest BCUT2D eigenvalue weighted by molar-refractivity contribution is -0.135. The van der Waals surface area contributed by atoms with E-state index in [0.717, 1.165) is 31.4 Å². The van der Waals surface area contributed by atoms with Crippen LogP contribution in [-0.4, -0.2) is 37.9 Å². The molecule has 1 heterocycles. The highest BCUT2D eigenvalue weighted by atomic mass is 79.9. The Hall–Kier alpha value is -0.510. The van der Waals surface area contributed by atoms with E-state index in [9.17, 15) is 17.6 Å². The Kier molecular flexibility index (Phi) is 6.44. The van der Waals surface area contributed by atoms with Crippen LogP contribution in [0.25, 0.3) is 0 Å². The molecule has 1 aromatic rings. The van der Waals surface area contributed by atoms with Gasteiger partial charge in [0.1, 0.15) is 10.7 Å². The Bertz CT molecular complexity index is 719. The van der Waals surface area contributed by atoms with Crippen molar-refractivity contribution in [1.29, 1.82) is 0 Å². The van der Waals surface area contributed by atoms with Crippen molar-refractivity contribution in [3.8, 4) is 0 Å². The van der Waals surface area contributed by atoms with Gasteiger partial charge in [-0.05, 0) is 77.1 Å². The van der Waals surface area contributed by atoms with Crippen molar-refractivity contribution in [2.24, 2.45) is 0 Å². The minimum absolute atomic E-state index is 0.0906. The Morgan fingerprint density at radius 2 is 1.92 bits per heavy atom. The Morgan fingerprint density at radius 3 is 2.46 bits per heavy atom. The van der Waals surface area contributed by atoms with E-state index in [1.165, 1.54) is 6.92 Å². The molecule has 24 heavy (non-hydrogen) atoms. The number of hydrogen-bond donors (Lipinski definition) is 1. The number of carbonyl (C=O) groups excluding carboxylic acids is 1. The topological polar surface area (TPSA) is 66.5 Å². The second-order valence-electron chi connectivity index (χ2n) is 5.92. The maximum atomic E-state index is 13.3. The van der Waals surface area contributed by atoms with Gasteiger partial charge in [0.2, 0.25) is 15.9 Å². The predicted molar refractivity (Wildman–Crippen MR) is 96.6 cm³/mol. The van der Waals surface area contributed by atoms with Crippen molar-refractivity contribution in [3.63, 3.8) is 0 Å². The van der Waals surface area contributed by atoms with Gasteiger partial charge < -0.3 is 4.90 Å². The van der Waals surface area contributed by atoms with Crippen LogP contribution in [0.15, 0.2) is 26.0 Å². The molecule has 1 amide bonds.